The molecule has 0 amide bonds. The molecule has 2 aromatic carbocycles. The maximum atomic E-state index is 12.6. The monoisotopic (exact) mass is 558 g/mol. The van der Waals surface area contributed by atoms with Gasteiger partial charge in [-0.3, -0.25) is 4.72 Å². The first-order chi connectivity index (χ1) is 15.4. The molecule has 4 rings (SSSR count). The van der Waals surface area contributed by atoms with E-state index in [1.807, 2.05) is 18.2 Å². The van der Waals surface area contributed by atoms with E-state index in [9.17, 15) is 8.42 Å². The Balaban J connectivity index is 1.46. The van der Waals surface area contributed by atoms with Crippen molar-refractivity contribution >= 4 is 61.4 Å². The van der Waals surface area contributed by atoms with E-state index in [0.717, 1.165) is 9.26 Å². The van der Waals surface area contributed by atoms with Crippen LogP contribution in [-0.4, -0.2) is 23.4 Å². The van der Waals surface area contributed by atoms with Gasteiger partial charge in [0.05, 0.1) is 4.90 Å². The Morgan fingerprint density at radius 2 is 1.44 bits per heavy atom. The van der Waals surface area contributed by atoms with Crippen molar-refractivity contribution in [1.82, 2.24) is 15.0 Å². The lowest BCUT2D eigenvalue weighted by Gasteiger charge is -2.11. The average Bonchev–Trinajstić information content (AvgIpc) is 2.75. The molecule has 0 radical (unpaired) electrons. The van der Waals surface area contributed by atoms with Crippen molar-refractivity contribution in [2.24, 2.45) is 0 Å². The molecule has 0 atom stereocenters. The number of rotatable bonds is 7. The Morgan fingerprint density at radius 1 is 0.781 bits per heavy atom. The Kier molecular flexibility index (Phi) is 6.51. The molecular formula is C22H19IN6O2S. The van der Waals surface area contributed by atoms with E-state index in [0.29, 0.717) is 29.0 Å². The Morgan fingerprint density at radius 3 is 2.09 bits per heavy atom. The van der Waals surface area contributed by atoms with Crippen LogP contribution in [0, 0.1) is 10.5 Å². The van der Waals surface area contributed by atoms with E-state index in [1.165, 1.54) is 0 Å². The number of sulfonamides is 1. The number of anilines is 5. The van der Waals surface area contributed by atoms with Crippen LogP contribution >= 0.6 is 22.6 Å². The third kappa shape index (κ3) is 5.71. The zero-order valence-corrected chi connectivity index (χ0v) is 19.9. The molecular weight excluding hydrogens is 539 g/mol. The predicted octanol–water partition coefficient (Wildman–Crippen LogP) is 5.07. The van der Waals surface area contributed by atoms with Crippen LogP contribution in [0.15, 0.2) is 83.9 Å². The second kappa shape index (κ2) is 9.49. The second-order valence-electron chi connectivity index (χ2n) is 6.79. The molecule has 0 saturated carbocycles. The fraction of sp³-hybridized carbons (Fsp3) is 0.0455. The number of nitrogens with zero attached hydrogens (tertiary/aromatic N) is 3. The van der Waals surface area contributed by atoms with Crippen molar-refractivity contribution in [3.63, 3.8) is 0 Å². The summed E-state index contributed by atoms with van der Waals surface area (Å²) >= 11 is 2.13. The van der Waals surface area contributed by atoms with Crippen molar-refractivity contribution < 1.29 is 8.42 Å². The Labute approximate surface area is 199 Å². The number of pyridine rings is 1. The lowest BCUT2D eigenvalue weighted by atomic mass is 10.3. The highest BCUT2D eigenvalue weighted by Crippen LogP contribution is 2.23. The smallest absolute Gasteiger partial charge is 0.261 e. The highest BCUT2D eigenvalue weighted by atomic mass is 127. The van der Waals surface area contributed by atoms with Crippen LogP contribution in [0.5, 0.6) is 0 Å². The van der Waals surface area contributed by atoms with Gasteiger partial charge >= 0.3 is 0 Å². The minimum Gasteiger partial charge on any atom is -0.340 e. The average molecular weight is 558 g/mol. The highest BCUT2D eigenvalue weighted by molar-refractivity contribution is 14.1. The van der Waals surface area contributed by atoms with Crippen molar-refractivity contribution in [1.29, 1.82) is 0 Å². The molecule has 4 aromatic rings. The van der Waals surface area contributed by atoms with Gasteiger partial charge in [-0.05, 0) is 90.2 Å². The van der Waals surface area contributed by atoms with Crippen molar-refractivity contribution in [2.45, 2.75) is 11.8 Å². The van der Waals surface area contributed by atoms with E-state index in [-0.39, 0.29) is 4.90 Å². The number of benzene rings is 2. The fourth-order valence-corrected chi connectivity index (χ4v) is 4.28. The third-order valence-electron chi connectivity index (χ3n) is 4.29. The first-order valence-electron chi connectivity index (χ1n) is 9.57. The van der Waals surface area contributed by atoms with Crippen LogP contribution in [-0.2, 0) is 10.0 Å². The molecule has 8 nitrogen and oxygen atoms in total. The molecule has 2 aromatic heterocycles. The number of aryl methyl sites for hydroxylation is 1. The SMILES string of the molecule is Cc1nc(Nc2ccc(NS(=O)(=O)c3ccc(I)cc3)cc2)cc(Nc2ccccn2)n1. The van der Waals surface area contributed by atoms with Gasteiger partial charge in [0.25, 0.3) is 10.0 Å². The molecule has 32 heavy (non-hydrogen) atoms. The van der Waals surface area contributed by atoms with Crippen LogP contribution in [0.2, 0.25) is 0 Å². The van der Waals surface area contributed by atoms with Gasteiger partial charge in [-0.15, -0.1) is 0 Å². The van der Waals surface area contributed by atoms with Crippen LogP contribution in [0.4, 0.5) is 28.8 Å². The summed E-state index contributed by atoms with van der Waals surface area (Å²) in [5, 5.41) is 6.35. The molecule has 0 aliphatic heterocycles. The zero-order chi connectivity index (χ0) is 22.6. The quantitative estimate of drug-likeness (QED) is 0.272. The van der Waals surface area contributed by atoms with E-state index < -0.39 is 10.0 Å². The van der Waals surface area contributed by atoms with Gasteiger partial charge in [0.2, 0.25) is 0 Å². The van der Waals surface area contributed by atoms with Gasteiger partial charge in [0, 0.05) is 27.2 Å². The highest BCUT2D eigenvalue weighted by Gasteiger charge is 2.14. The molecule has 10 heteroatoms. The molecule has 0 fully saturated rings. The summed E-state index contributed by atoms with van der Waals surface area (Å²) in [6.45, 7) is 1.80. The maximum Gasteiger partial charge on any atom is 0.261 e. The summed E-state index contributed by atoms with van der Waals surface area (Å²) in [5.74, 6) is 2.49. The zero-order valence-electron chi connectivity index (χ0n) is 16.9. The lowest BCUT2D eigenvalue weighted by molar-refractivity contribution is 0.601. The van der Waals surface area contributed by atoms with Crippen LogP contribution in [0.25, 0.3) is 0 Å². The van der Waals surface area contributed by atoms with Crippen molar-refractivity contribution in [3.8, 4) is 0 Å². The Bertz CT molecular complexity index is 1320. The number of hydrogen-bond acceptors (Lipinski definition) is 7. The summed E-state index contributed by atoms with van der Waals surface area (Å²) in [5.41, 5.74) is 1.22. The standard InChI is InChI=1S/C22H19IN6O2S/c1-15-25-21(14-22(26-15)28-20-4-2-3-13-24-20)27-17-7-9-18(10-8-17)29-32(30,31)19-11-5-16(23)6-12-19/h2-14,29H,1H3,(H2,24,25,26,27,28). The largest absolute Gasteiger partial charge is 0.340 e. The maximum absolute atomic E-state index is 12.6. The Hall–Kier alpha value is -3.25. The van der Waals surface area contributed by atoms with Gasteiger partial charge < -0.3 is 10.6 Å². The van der Waals surface area contributed by atoms with Gasteiger partial charge in [0.15, 0.2) is 0 Å². The number of aromatic nitrogens is 3. The topological polar surface area (TPSA) is 109 Å². The molecule has 0 aliphatic rings. The normalized spacial score (nSPS) is 11.1. The number of hydrogen-bond donors (Lipinski definition) is 3. The van der Waals surface area contributed by atoms with Gasteiger partial charge in [-0.1, -0.05) is 6.07 Å². The minimum atomic E-state index is -3.65. The van der Waals surface area contributed by atoms with Crippen molar-refractivity contribution in [2.75, 3.05) is 15.4 Å². The molecule has 2 heterocycles. The fourth-order valence-electron chi connectivity index (χ4n) is 2.86. The van der Waals surface area contributed by atoms with Crippen molar-refractivity contribution in [3.05, 3.63) is 88.4 Å². The van der Waals surface area contributed by atoms with Gasteiger partial charge in [-0.2, -0.15) is 0 Å². The number of halogens is 1. The van der Waals surface area contributed by atoms with E-state index in [1.54, 1.807) is 67.7 Å². The predicted molar refractivity (Wildman–Crippen MR) is 134 cm³/mol. The molecule has 0 bridgehead atoms. The second-order valence-corrected chi connectivity index (χ2v) is 9.72. The first-order valence-corrected chi connectivity index (χ1v) is 12.1. The molecule has 0 unspecified atom stereocenters. The summed E-state index contributed by atoms with van der Waals surface area (Å²) in [4.78, 5) is 13.2. The minimum absolute atomic E-state index is 0.213. The third-order valence-corrected chi connectivity index (χ3v) is 6.41. The van der Waals surface area contributed by atoms with Crippen LogP contribution in [0.1, 0.15) is 5.82 Å². The summed E-state index contributed by atoms with van der Waals surface area (Å²) in [6, 6.07) is 20.9. The lowest BCUT2D eigenvalue weighted by Crippen LogP contribution is -2.12. The van der Waals surface area contributed by atoms with E-state index in [4.69, 9.17) is 0 Å². The van der Waals surface area contributed by atoms with Crippen LogP contribution < -0.4 is 15.4 Å². The number of nitrogens with one attached hydrogen (secondary N) is 3. The van der Waals surface area contributed by atoms with E-state index >= 15 is 0 Å². The molecule has 0 saturated heterocycles. The molecule has 3 N–H and O–H groups in total. The van der Waals surface area contributed by atoms with Gasteiger partial charge in [-0.25, -0.2) is 23.4 Å². The summed E-state index contributed by atoms with van der Waals surface area (Å²) < 4.78 is 28.7. The first kappa shape index (κ1) is 22.0. The summed E-state index contributed by atoms with van der Waals surface area (Å²) in [7, 11) is -3.65. The van der Waals surface area contributed by atoms with Gasteiger partial charge in [0.1, 0.15) is 23.3 Å². The van der Waals surface area contributed by atoms with E-state index in [2.05, 4.69) is 52.9 Å². The molecule has 0 aliphatic carbocycles. The molecule has 0 spiro atoms. The molecule has 162 valence electrons. The summed E-state index contributed by atoms with van der Waals surface area (Å²) in [6.07, 6.45) is 1.70. The van der Waals surface area contributed by atoms with Crippen LogP contribution in [0.3, 0.4) is 0 Å².